The quantitative estimate of drug-likeness (QED) is 0.441. The number of benzene rings is 1. The first kappa shape index (κ1) is 28.1. The van der Waals surface area contributed by atoms with Crippen LogP contribution >= 0.6 is 11.6 Å². The van der Waals surface area contributed by atoms with Gasteiger partial charge in [0.25, 0.3) is 0 Å². The summed E-state index contributed by atoms with van der Waals surface area (Å²) in [5.74, 6) is 0.500. The third-order valence-corrected chi connectivity index (χ3v) is 7.80. The van der Waals surface area contributed by atoms with Gasteiger partial charge in [0.05, 0.1) is 34.3 Å². The van der Waals surface area contributed by atoms with Gasteiger partial charge >= 0.3 is 12.2 Å². The van der Waals surface area contributed by atoms with Crippen molar-refractivity contribution in [2.45, 2.75) is 44.4 Å². The molecule has 1 aromatic carbocycles. The van der Waals surface area contributed by atoms with E-state index < -0.39 is 11.7 Å². The van der Waals surface area contributed by atoms with Gasteiger partial charge < -0.3 is 25.6 Å². The zero-order valence-electron chi connectivity index (χ0n) is 22.2. The number of nitrogens with two attached hydrogens (primary N) is 1. The first-order valence-corrected chi connectivity index (χ1v) is 13.5. The second kappa shape index (κ2) is 11.2. The van der Waals surface area contributed by atoms with Gasteiger partial charge in [0.2, 0.25) is 0 Å². The van der Waals surface area contributed by atoms with E-state index in [2.05, 4.69) is 26.3 Å². The Morgan fingerprint density at radius 1 is 1.23 bits per heavy atom. The van der Waals surface area contributed by atoms with Crippen LogP contribution in [0, 0.1) is 18.3 Å². The molecular formula is C27H30ClF3N8O. The Hall–Kier alpha value is -3.40. The van der Waals surface area contributed by atoms with Crippen molar-refractivity contribution < 1.29 is 17.9 Å². The Bertz CT molecular complexity index is 1460. The number of anilines is 2. The van der Waals surface area contributed by atoms with Crippen LogP contribution < -0.4 is 20.7 Å². The molecule has 13 heteroatoms. The van der Waals surface area contributed by atoms with E-state index in [4.69, 9.17) is 27.1 Å². The fourth-order valence-electron chi connectivity index (χ4n) is 5.48. The fourth-order valence-corrected chi connectivity index (χ4v) is 5.73. The number of aryl methyl sites for hydroxylation is 1. The summed E-state index contributed by atoms with van der Waals surface area (Å²) >= 11 is 6.64. The molecule has 1 unspecified atom stereocenters. The second-order valence-corrected chi connectivity index (χ2v) is 10.7. The number of hydrogen-bond acceptors (Lipinski definition) is 9. The zero-order valence-corrected chi connectivity index (χ0v) is 23.0. The number of halogens is 4. The molecule has 0 radical (unpaired) electrons. The van der Waals surface area contributed by atoms with Gasteiger partial charge in [-0.15, -0.1) is 0 Å². The predicted octanol–water partition coefficient (Wildman–Crippen LogP) is 4.42. The van der Waals surface area contributed by atoms with Crippen molar-refractivity contribution in [3.05, 3.63) is 34.3 Å². The lowest BCUT2D eigenvalue weighted by atomic mass is 9.99. The van der Waals surface area contributed by atoms with Crippen molar-refractivity contribution in [3.8, 4) is 23.3 Å². The maximum Gasteiger partial charge on any atom is 0.418 e. The average molecular weight is 575 g/mol. The topological polar surface area (TPSA) is 116 Å². The predicted molar refractivity (Wildman–Crippen MR) is 147 cm³/mol. The minimum absolute atomic E-state index is 0.0471. The SMILES string of the molecule is Cc1cc(N)nc(-c2cc3nc(OC[C@@H]4CCCN4C)nc(N4CCNC(CC#N)C4)c3cc2Cl)c1C(F)(F)F. The first-order chi connectivity index (χ1) is 19.0. The highest BCUT2D eigenvalue weighted by Gasteiger charge is 2.37. The number of nitrogen functional groups attached to an aromatic ring is 1. The van der Waals surface area contributed by atoms with Crippen molar-refractivity contribution in [2.75, 3.05) is 50.5 Å². The number of likely N-dealkylation sites (N-methyl/N-ethyl adjacent to an activating group) is 1. The standard InChI is InChI=1S/C27H30ClF3N8O/c1-15-10-22(33)36-24(23(15)27(29,30)31)18-12-21-19(11-20(18)28)25(39-9-7-34-16(13-39)5-6-32)37-26(35-21)40-14-17-4-3-8-38(17)2/h10-12,16-17,34H,3-5,7-9,13-14H2,1-2H3,(H2,33,36)/t16?,17-/m0/s1. The van der Waals surface area contributed by atoms with Crippen molar-refractivity contribution in [2.24, 2.45) is 0 Å². The van der Waals surface area contributed by atoms with Crippen molar-refractivity contribution in [1.29, 1.82) is 5.26 Å². The molecule has 2 aromatic heterocycles. The summed E-state index contributed by atoms with van der Waals surface area (Å²) in [6.07, 6.45) is -2.29. The summed E-state index contributed by atoms with van der Waals surface area (Å²) in [5.41, 5.74) is 4.97. The Balaban J connectivity index is 1.64. The molecule has 40 heavy (non-hydrogen) atoms. The molecule has 0 saturated carbocycles. The number of fused-ring (bicyclic) bond motifs is 1. The molecule has 0 amide bonds. The van der Waals surface area contributed by atoms with Crippen molar-refractivity contribution in [3.63, 3.8) is 0 Å². The molecule has 2 fully saturated rings. The van der Waals surface area contributed by atoms with Crippen LogP contribution in [-0.2, 0) is 6.18 Å². The molecular weight excluding hydrogens is 545 g/mol. The lowest BCUT2D eigenvalue weighted by Gasteiger charge is -2.34. The number of hydrogen-bond donors (Lipinski definition) is 2. The number of piperazine rings is 1. The van der Waals surface area contributed by atoms with Crippen LogP contribution in [0.25, 0.3) is 22.2 Å². The van der Waals surface area contributed by atoms with Crippen molar-refractivity contribution in [1.82, 2.24) is 25.2 Å². The van der Waals surface area contributed by atoms with Gasteiger partial charge in [0.15, 0.2) is 0 Å². The van der Waals surface area contributed by atoms with E-state index in [0.29, 0.717) is 49.4 Å². The van der Waals surface area contributed by atoms with Crippen LogP contribution in [0.5, 0.6) is 6.01 Å². The molecule has 3 N–H and O–H groups in total. The fraction of sp³-hybridized carbons (Fsp3) is 0.481. The number of nitrogens with zero attached hydrogens (tertiary/aromatic N) is 6. The maximum atomic E-state index is 14.1. The van der Waals surface area contributed by atoms with Crippen LogP contribution in [0.4, 0.5) is 24.8 Å². The number of rotatable bonds is 6. The molecule has 0 bridgehead atoms. The molecule has 2 aliphatic rings. The molecule has 5 rings (SSSR count). The second-order valence-electron chi connectivity index (χ2n) is 10.3. The summed E-state index contributed by atoms with van der Waals surface area (Å²) in [7, 11) is 2.04. The third-order valence-electron chi connectivity index (χ3n) is 7.49. The molecule has 212 valence electrons. The summed E-state index contributed by atoms with van der Waals surface area (Å²) < 4.78 is 48.4. The molecule has 2 aliphatic heterocycles. The number of nitriles is 1. The van der Waals surface area contributed by atoms with E-state index in [9.17, 15) is 18.4 Å². The Kier molecular flexibility index (Phi) is 7.90. The number of aromatic nitrogens is 3. The number of nitrogens with one attached hydrogen (secondary N) is 1. The Labute approximate surface area is 235 Å². The lowest BCUT2D eigenvalue weighted by molar-refractivity contribution is -0.137. The van der Waals surface area contributed by atoms with E-state index in [1.807, 2.05) is 11.9 Å². The largest absolute Gasteiger partial charge is 0.462 e. The highest BCUT2D eigenvalue weighted by molar-refractivity contribution is 6.34. The Morgan fingerprint density at radius 2 is 2.02 bits per heavy atom. The van der Waals surface area contributed by atoms with Gasteiger partial charge in [-0.25, -0.2) is 4.98 Å². The minimum Gasteiger partial charge on any atom is -0.462 e. The van der Waals surface area contributed by atoms with Crippen LogP contribution in [0.15, 0.2) is 18.2 Å². The summed E-state index contributed by atoms with van der Waals surface area (Å²) in [6.45, 7) is 4.45. The molecule has 0 spiro atoms. The summed E-state index contributed by atoms with van der Waals surface area (Å²) in [5, 5.41) is 13.2. The average Bonchev–Trinajstić information content (AvgIpc) is 3.30. The molecule has 4 heterocycles. The van der Waals surface area contributed by atoms with Gasteiger partial charge in [-0.05, 0) is 57.1 Å². The zero-order chi connectivity index (χ0) is 28.6. The highest BCUT2D eigenvalue weighted by Crippen LogP contribution is 2.43. The van der Waals surface area contributed by atoms with E-state index in [-0.39, 0.29) is 45.8 Å². The first-order valence-electron chi connectivity index (χ1n) is 13.1. The molecule has 9 nitrogen and oxygen atoms in total. The highest BCUT2D eigenvalue weighted by atomic mass is 35.5. The molecule has 3 aromatic rings. The van der Waals surface area contributed by atoms with Crippen LogP contribution in [0.1, 0.15) is 30.4 Å². The number of alkyl halides is 3. The van der Waals surface area contributed by atoms with Gasteiger partial charge in [0, 0.05) is 42.7 Å². The van der Waals surface area contributed by atoms with Gasteiger partial charge in [-0.3, -0.25) is 0 Å². The summed E-state index contributed by atoms with van der Waals surface area (Å²) in [6, 6.07) is 6.72. The third kappa shape index (κ3) is 5.73. The van der Waals surface area contributed by atoms with E-state index in [1.54, 1.807) is 6.07 Å². The van der Waals surface area contributed by atoms with Gasteiger partial charge in [-0.1, -0.05) is 11.6 Å². The van der Waals surface area contributed by atoms with Crippen LogP contribution in [0.3, 0.4) is 0 Å². The monoisotopic (exact) mass is 574 g/mol. The lowest BCUT2D eigenvalue weighted by Crippen LogP contribution is -2.51. The smallest absolute Gasteiger partial charge is 0.418 e. The van der Waals surface area contributed by atoms with Crippen molar-refractivity contribution >= 4 is 34.1 Å². The van der Waals surface area contributed by atoms with E-state index >= 15 is 0 Å². The van der Waals surface area contributed by atoms with Gasteiger partial charge in [0.1, 0.15) is 18.2 Å². The molecule has 2 saturated heterocycles. The maximum absolute atomic E-state index is 14.1. The minimum atomic E-state index is -4.67. The molecule has 0 aliphatic carbocycles. The number of likely N-dealkylation sites (tertiary alicyclic amines) is 1. The molecule has 2 atom stereocenters. The van der Waals surface area contributed by atoms with Gasteiger partial charge in [-0.2, -0.15) is 28.4 Å². The summed E-state index contributed by atoms with van der Waals surface area (Å²) in [4.78, 5) is 17.6. The van der Waals surface area contributed by atoms with E-state index in [1.165, 1.54) is 19.1 Å². The normalized spacial score (nSPS) is 20.2. The van der Waals surface area contributed by atoms with E-state index in [0.717, 1.165) is 19.4 Å². The Morgan fingerprint density at radius 3 is 2.73 bits per heavy atom. The number of ether oxygens (including phenoxy) is 1. The van der Waals surface area contributed by atoms with Crippen LogP contribution in [0.2, 0.25) is 5.02 Å². The van der Waals surface area contributed by atoms with Crippen LogP contribution in [-0.4, -0.2) is 71.8 Å². The number of pyridine rings is 1.